The first-order valence-electron chi connectivity index (χ1n) is 12.5. The highest BCUT2D eigenvalue weighted by Gasteiger charge is 2.49. The number of aliphatic hydroxyl groups is 1. The second kappa shape index (κ2) is 11.9. The van der Waals surface area contributed by atoms with Crippen molar-refractivity contribution in [1.82, 2.24) is 4.98 Å². The van der Waals surface area contributed by atoms with Gasteiger partial charge in [0.25, 0.3) is 5.78 Å². The number of methoxy groups -OCH3 is 4. The van der Waals surface area contributed by atoms with Crippen LogP contribution in [-0.2, 0) is 14.3 Å². The number of amides is 1. The average Bonchev–Trinajstić information content (AvgIpc) is 3.47. The monoisotopic (exact) mass is 582 g/mol. The van der Waals surface area contributed by atoms with Crippen LogP contribution < -0.4 is 23.8 Å². The molecule has 4 rings (SSSR count). The number of hydrogen-bond acceptors (Lipinski definition) is 11. The van der Waals surface area contributed by atoms with Crippen LogP contribution in [0.5, 0.6) is 23.0 Å². The van der Waals surface area contributed by atoms with Gasteiger partial charge in [-0.1, -0.05) is 11.3 Å². The van der Waals surface area contributed by atoms with Crippen molar-refractivity contribution in [3.63, 3.8) is 0 Å². The van der Waals surface area contributed by atoms with Gasteiger partial charge in [0.1, 0.15) is 16.4 Å². The molecule has 0 bridgehead atoms. The molecule has 1 aromatic heterocycles. The van der Waals surface area contributed by atoms with Crippen molar-refractivity contribution >= 4 is 39.9 Å². The van der Waals surface area contributed by atoms with Crippen LogP contribution in [-0.4, -0.2) is 62.8 Å². The molecule has 0 radical (unpaired) electrons. The van der Waals surface area contributed by atoms with Crippen LogP contribution in [0.15, 0.2) is 35.9 Å². The van der Waals surface area contributed by atoms with E-state index in [2.05, 4.69) is 4.98 Å². The molecule has 1 saturated heterocycles. The summed E-state index contributed by atoms with van der Waals surface area (Å²) >= 11 is 0.913. The molecule has 41 heavy (non-hydrogen) atoms. The fourth-order valence-corrected chi connectivity index (χ4v) is 5.64. The Morgan fingerprint density at radius 1 is 0.976 bits per heavy atom. The molecule has 1 atom stereocenters. The highest BCUT2D eigenvalue weighted by atomic mass is 32.1. The first-order chi connectivity index (χ1) is 19.6. The van der Waals surface area contributed by atoms with E-state index in [0.29, 0.717) is 33.9 Å². The van der Waals surface area contributed by atoms with E-state index in [-0.39, 0.29) is 33.7 Å². The lowest BCUT2D eigenvalue weighted by atomic mass is 9.94. The Morgan fingerprint density at radius 3 is 2.15 bits per heavy atom. The first-order valence-corrected chi connectivity index (χ1v) is 13.3. The van der Waals surface area contributed by atoms with E-state index in [1.165, 1.54) is 28.4 Å². The number of thiazole rings is 1. The Morgan fingerprint density at radius 2 is 1.61 bits per heavy atom. The molecule has 3 aromatic rings. The van der Waals surface area contributed by atoms with Gasteiger partial charge in [0.2, 0.25) is 5.75 Å². The number of nitrogens with zero attached hydrogens (tertiary/aromatic N) is 2. The Kier molecular flexibility index (Phi) is 8.52. The van der Waals surface area contributed by atoms with Crippen LogP contribution in [0.25, 0.3) is 5.76 Å². The normalized spacial score (nSPS) is 16.1. The Labute approximate surface area is 240 Å². The average molecular weight is 583 g/mol. The van der Waals surface area contributed by atoms with Gasteiger partial charge in [-0.05, 0) is 62.2 Å². The van der Waals surface area contributed by atoms with Crippen molar-refractivity contribution in [3.8, 4) is 23.0 Å². The number of ketones is 1. The van der Waals surface area contributed by atoms with Gasteiger partial charge in [0.15, 0.2) is 16.6 Å². The van der Waals surface area contributed by atoms with Crippen molar-refractivity contribution in [2.45, 2.75) is 26.8 Å². The van der Waals surface area contributed by atoms with Crippen LogP contribution >= 0.6 is 11.3 Å². The fraction of sp³-hybridized carbons (Fsp3) is 0.310. The third kappa shape index (κ3) is 5.18. The molecule has 1 amide bonds. The molecule has 2 heterocycles. The zero-order chi connectivity index (χ0) is 30.0. The molecular weight excluding hydrogens is 552 g/mol. The number of Topliss-reactive ketones (excluding diaryl/α,β-unsaturated/α-hetero) is 1. The number of ether oxygens (including phenoxy) is 5. The third-order valence-corrected chi connectivity index (χ3v) is 7.70. The Bertz CT molecular complexity index is 1530. The second-order valence-corrected chi connectivity index (χ2v) is 9.92. The minimum absolute atomic E-state index is 0.0800. The van der Waals surface area contributed by atoms with Crippen molar-refractivity contribution in [2.75, 3.05) is 39.9 Å². The molecule has 11 nitrogen and oxygen atoms in total. The lowest BCUT2D eigenvalue weighted by molar-refractivity contribution is -0.132. The fourth-order valence-electron chi connectivity index (χ4n) is 4.66. The van der Waals surface area contributed by atoms with Gasteiger partial charge in [-0.15, -0.1) is 0 Å². The quantitative estimate of drug-likeness (QED) is 0.165. The van der Waals surface area contributed by atoms with E-state index in [1.54, 1.807) is 51.1 Å². The molecule has 12 heteroatoms. The zero-order valence-electron chi connectivity index (χ0n) is 23.7. The molecule has 0 saturated carbocycles. The molecule has 1 fully saturated rings. The van der Waals surface area contributed by atoms with E-state index in [0.717, 1.165) is 16.2 Å². The predicted molar refractivity (Wildman–Crippen MR) is 151 cm³/mol. The summed E-state index contributed by atoms with van der Waals surface area (Å²) in [5, 5.41) is 11.6. The summed E-state index contributed by atoms with van der Waals surface area (Å²) in [6, 6.07) is 6.92. The molecule has 0 unspecified atom stereocenters. The summed E-state index contributed by atoms with van der Waals surface area (Å²) < 4.78 is 26.9. The van der Waals surface area contributed by atoms with Gasteiger partial charge in [0.05, 0.1) is 52.4 Å². The second-order valence-electron chi connectivity index (χ2n) is 8.94. The number of aromatic nitrogens is 1. The molecule has 1 N–H and O–H groups in total. The molecule has 0 aliphatic carbocycles. The van der Waals surface area contributed by atoms with Crippen molar-refractivity contribution in [3.05, 3.63) is 63.2 Å². The number of aryl methyl sites for hydroxylation is 2. The van der Waals surface area contributed by atoms with Crippen LogP contribution in [0.1, 0.15) is 45.0 Å². The third-order valence-electron chi connectivity index (χ3n) is 6.57. The molecule has 2 aromatic carbocycles. The topological polar surface area (TPSA) is 134 Å². The number of benzene rings is 2. The van der Waals surface area contributed by atoms with Gasteiger partial charge < -0.3 is 28.8 Å². The lowest BCUT2D eigenvalue weighted by Gasteiger charge is -2.24. The Hall–Kier alpha value is -4.58. The number of esters is 1. The molecular formula is C29H30N2O9S. The maximum Gasteiger partial charge on any atom is 0.350 e. The summed E-state index contributed by atoms with van der Waals surface area (Å²) in [6.07, 6.45) is 0. The van der Waals surface area contributed by atoms with E-state index in [4.69, 9.17) is 23.7 Å². The van der Waals surface area contributed by atoms with E-state index in [9.17, 15) is 19.5 Å². The maximum atomic E-state index is 13.6. The van der Waals surface area contributed by atoms with Gasteiger partial charge in [-0.3, -0.25) is 14.5 Å². The van der Waals surface area contributed by atoms with Crippen LogP contribution in [0.2, 0.25) is 0 Å². The van der Waals surface area contributed by atoms with Gasteiger partial charge in [0, 0.05) is 5.56 Å². The summed E-state index contributed by atoms with van der Waals surface area (Å²) in [7, 11) is 5.85. The molecule has 216 valence electrons. The van der Waals surface area contributed by atoms with Crippen molar-refractivity contribution in [2.24, 2.45) is 0 Å². The summed E-state index contributed by atoms with van der Waals surface area (Å²) in [4.78, 5) is 45.6. The minimum Gasteiger partial charge on any atom is -0.507 e. The van der Waals surface area contributed by atoms with Gasteiger partial charge in [-0.2, -0.15) is 0 Å². The number of aliphatic hydroxyl groups excluding tert-OH is 1. The number of carbonyl (C=O) groups excluding carboxylic acids is 3. The Balaban J connectivity index is 2.00. The SMILES string of the molecule is CCOC(=O)c1sc(N2C(=O)C(=O)/C(=C(/O)c3ccc(OC)c(C)c3)[C@H]2c2cc(OC)c(OC)c(OC)c2)nc1C. The minimum atomic E-state index is -1.16. The van der Waals surface area contributed by atoms with Crippen molar-refractivity contribution < 1.29 is 43.2 Å². The number of rotatable bonds is 9. The summed E-state index contributed by atoms with van der Waals surface area (Å²) in [5.41, 5.74) is 1.54. The largest absolute Gasteiger partial charge is 0.507 e. The lowest BCUT2D eigenvalue weighted by Crippen LogP contribution is -2.29. The summed E-state index contributed by atoms with van der Waals surface area (Å²) in [6.45, 7) is 5.24. The highest BCUT2D eigenvalue weighted by Crippen LogP contribution is 2.48. The smallest absolute Gasteiger partial charge is 0.350 e. The van der Waals surface area contributed by atoms with Gasteiger partial charge in [-0.25, -0.2) is 9.78 Å². The van der Waals surface area contributed by atoms with Crippen LogP contribution in [0.4, 0.5) is 5.13 Å². The highest BCUT2D eigenvalue weighted by molar-refractivity contribution is 7.17. The standard InChI is InChI=1S/C29H30N2O9S/c1-8-40-28(35)26-15(3)30-29(41-26)31-22(17-12-19(37-5)25(39-7)20(13-17)38-6)21(24(33)27(31)34)23(32)16-9-10-18(36-4)14(2)11-16/h9-13,22,32H,8H2,1-7H3/b23-21+/t22-/m1/s1. The molecule has 1 aliphatic heterocycles. The first kappa shape index (κ1) is 29.4. The van der Waals surface area contributed by atoms with Crippen LogP contribution in [0, 0.1) is 13.8 Å². The van der Waals surface area contributed by atoms with E-state index >= 15 is 0 Å². The number of carbonyl (C=O) groups is 3. The molecule has 0 spiro atoms. The van der Waals surface area contributed by atoms with E-state index in [1.807, 2.05) is 0 Å². The predicted octanol–water partition coefficient (Wildman–Crippen LogP) is 4.60. The van der Waals surface area contributed by atoms with E-state index < -0.39 is 29.5 Å². The zero-order valence-corrected chi connectivity index (χ0v) is 24.5. The van der Waals surface area contributed by atoms with Crippen molar-refractivity contribution in [1.29, 1.82) is 0 Å². The van der Waals surface area contributed by atoms with Gasteiger partial charge >= 0.3 is 11.9 Å². The number of hydrogen-bond donors (Lipinski definition) is 1. The maximum absolute atomic E-state index is 13.6. The van der Waals surface area contributed by atoms with Crippen LogP contribution in [0.3, 0.4) is 0 Å². The number of anilines is 1. The summed E-state index contributed by atoms with van der Waals surface area (Å²) in [5.74, 6) is -1.41. The molecule has 1 aliphatic rings.